The zero-order valence-corrected chi connectivity index (χ0v) is 20.4. The minimum absolute atomic E-state index is 0.220. The van der Waals surface area contributed by atoms with Crippen LogP contribution >= 0.6 is 11.3 Å². The molecule has 10 heteroatoms. The first-order chi connectivity index (χ1) is 17.7. The highest BCUT2D eigenvalue weighted by Gasteiger charge is 2.31. The number of nitrogens with zero attached hydrogens (tertiary/aromatic N) is 2. The van der Waals surface area contributed by atoms with Crippen molar-refractivity contribution in [1.82, 2.24) is 9.38 Å². The topological polar surface area (TPSA) is 69.9 Å². The van der Waals surface area contributed by atoms with Crippen LogP contribution in [0.5, 0.6) is 11.5 Å². The number of alkyl halides is 3. The standard InChI is InChI=1S/C27H21F3N2O4S/c1-16-13-32-25(34)23(18-7-10-21(11-8-18)36-27(28,29)30)22(31-26(32)37-16)12-9-19-3-2-4-20(14-33)24(19)35-15-17-5-6-17/h2-4,7-14,17H,5-6,15H2,1H3/b12-9+. The zero-order chi connectivity index (χ0) is 26.2. The summed E-state index contributed by atoms with van der Waals surface area (Å²) >= 11 is 1.34. The van der Waals surface area contributed by atoms with E-state index in [1.807, 2.05) is 6.92 Å². The first kappa shape index (κ1) is 24.8. The molecule has 37 heavy (non-hydrogen) atoms. The fourth-order valence-corrected chi connectivity index (χ4v) is 4.73. The first-order valence-electron chi connectivity index (χ1n) is 11.5. The van der Waals surface area contributed by atoms with Crippen molar-refractivity contribution in [3.8, 4) is 22.6 Å². The van der Waals surface area contributed by atoms with Crippen molar-refractivity contribution in [2.75, 3.05) is 6.61 Å². The summed E-state index contributed by atoms with van der Waals surface area (Å²) in [6, 6.07) is 10.3. The number of ether oxygens (including phenoxy) is 2. The molecule has 2 aromatic heterocycles. The number of carbonyl (C=O) groups is 1. The summed E-state index contributed by atoms with van der Waals surface area (Å²) < 4.78 is 49.1. The molecule has 0 N–H and O–H groups in total. The Labute approximate surface area is 213 Å². The summed E-state index contributed by atoms with van der Waals surface area (Å²) in [5.41, 5.74) is 1.65. The summed E-state index contributed by atoms with van der Waals surface area (Å²) in [4.78, 5) is 31.1. The molecule has 1 aliphatic carbocycles. The van der Waals surface area contributed by atoms with E-state index in [1.165, 1.54) is 27.9 Å². The van der Waals surface area contributed by atoms with Crippen molar-refractivity contribution < 1.29 is 27.4 Å². The molecule has 1 aliphatic rings. The highest BCUT2D eigenvalue weighted by atomic mass is 32.1. The van der Waals surface area contributed by atoms with Crippen LogP contribution in [0, 0.1) is 12.8 Å². The first-order valence-corrected chi connectivity index (χ1v) is 12.3. The van der Waals surface area contributed by atoms with Crippen LogP contribution in [0.4, 0.5) is 13.2 Å². The summed E-state index contributed by atoms with van der Waals surface area (Å²) in [5, 5.41) is 0. The van der Waals surface area contributed by atoms with Crippen LogP contribution in [0.3, 0.4) is 0 Å². The van der Waals surface area contributed by atoms with Gasteiger partial charge in [-0.3, -0.25) is 14.0 Å². The highest BCUT2D eigenvalue weighted by molar-refractivity contribution is 7.16. The van der Waals surface area contributed by atoms with Gasteiger partial charge in [0.15, 0.2) is 11.2 Å². The van der Waals surface area contributed by atoms with Gasteiger partial charge >= 0.3 is 6.36 Å². The number of para-hydroxylation sites is 1. The predicted molar refractivity (Wildman–Crippen MR) is 135 cm³/mol. The van der Waals surface area contributed by atoms with Gasteiger partial charge in [-0.2, -0.15) is 0 Å². The summed E-state index contributed by atoms with van der Waals surface area (Å²) in [7, 11) is 0. The van der Waals surface area contributed by atoms with E-state index in [1.54, 1.807) is 36.5 Å². The summed E-state index contributed by atoms with van der Waals surface area (Å²) in [5.74, 6) is 0.552. The van der Waals surface area contributed by atoms with E-state index < -0.39 is 12.1 Å². The Morgan fingerprint density at radius 2 is 1.84 bits per heavy atom. The maximum atomic E-state index is 13.5. The second kappa shape index (κ2) is 9.85. The Hall–Kier alpha value is -3.92. The Morgan fingerprint density at radius 1 is 1.11 bits per heavy atom. The molecule has 0 amide bonds. The summed E-state index contributed by atoms with van der Waals surface area (Å²) in [6.45, 7) is 2.37. The zero-order valence-electron chi connectivity index (χ0n) is 19.6. The van der Waals surface area contributed by atoms with E-state index in [4.69, 9.17) is 4.74 Å². The molecular formula is C27H21F3N2O4S. The van der Waals surface area contributed by atoms with Gasteiger partial charge in [-0.05, 0) is 61.6 Å². The van der Waals surface area contributed by atoms with Gasteiger partial charge in [0.05, 0.1) is 23.4 Å². The molecule has 190 valence electrons. The van der Waals surface area contributed by atoms with Crippen molar-refractivity contribution >= 4 is 34.7 Å². The van der Waals surface area contributed by atoms with Gasteiger partial charge in [0.2, 0.25) is 0 Å². The SMILES string of the molecule is Cc1cn2c(=O)c(-c3ccc(OC(F)(F)F)cc3)c(/C=C/c3cccc(C=O)c3OCC3CC3)nc2s1. The van der Waals surface area contributed by atoms with Crippen LogP contribution in [-0.4, -0.2) is 28.6 Å². The second-order valence-electron chi connectivity index (χ2n) is 8.71. The number of aldehydes is 1. The number of aryl methyl sites for hydroxylation is 1. The third-order valence-corrected chi connectivity index (χ3v) is 6.73. The van der Waals surface area contributed by atoms with Crippen molar-refractivity contribution in [2.45, 2.75) is 26.1 Å². The molecule has 0 unspecified atom stereocenters. The molecule has 0 saturated heterocycles. The van der Waals surface area contributed by atoms with Crippen LogP contribution in [0.25, 0.3) is 28.2 Å². The van der Waals surface area contributed by atoms with Crippen molar-refractivity contribution in [3.05, 3.63) is 80.7 Å². The molecular weight excluding hydrogens is 505 g/mol. The van der Waals surface area contributed by atoms with E-state index in [0.717, 1.165) is 36.1 Å². The molecule has 5 rings (SSSR count). The van der Waals surface area contributed by atoms with Crippen molar-refractivity contribution in [3.63, 3.8) is 0 Å². The van der Waals surface area contributed by atoms with E-state index in [9.17, 15) is 22.8 Å². The number of carbonyl (C=O) groups excluding carboxylic acids is 1. The average Bonchev–Trinajstić information content (AvgIpc) is 3.60. The number of hydrogen-bond acceptors (Lipinski definition) is 6. The maximum Gasteiger partial charge on any atom is 0.573 e. The van der Waals surface area contributed by atoms with Gasteiger partial charge < -0.3 is 9.47 Å². The fourth-order valence-electron chi connectivity index (χ4n) is 3.90. The van der Waals surface area contributed by atoms with Crippen molar-refractivity contribution in [2.24, 2.45) is 5.92 Å². The van der Waals surface area contributed by atoms with Gasteiger partial charge in [-0.25, -0.2) is 4.98 Å². The number of rotatable bonds is 8. The number of benzene rings is 2. The molecule has 0 atom stereocenters. The van der Waals surface area contributed by atoms with Crippen LogP contribution in [0.2, 0.25) is 0 Å². The lowest BCUT2D eigenvalue weighted by Gasteiger charge is -2.12. The number of thiazole rings is 1. The smallest absolute Gasteiger partial charge is 0.492 e. The van der Waals surface area contributed by atoms with E-state index in [0.29, 0.717) is 45.6 Å². The van der Waals surface area contributed by atoms with Gasteiger partial charge in [0.1, 0.15) is 11.5 Å². The average molecular weight is 527 g/mol. The van der Waals surface area contributed by atoms with Crippen LogP contribution < -0.4 is 15.0 Å². The lowest BCUT2D eigenvalue weighted by Crippen LogP contribution is -2.18. The molecule has 1 fully saturated rings. The molecule has 0 radical (unpaired) electrons. The molecule has 6 nitrogen and oxygen atoms in total. The monoisotopic (exact) mass is 526 g/mol. The van der Waals surface area contributed by atoms with E-state index in [2.05, 4.69) is 9.72 Å². The van der Waals surface area contributed by atoms with Crippen LogP contribution in [0.15, 0.2) is 53.5 Å². The largest absolute Gasteiger partial charge is 0.573 e. The molecule has 0 aliphatic heterocycles. The lowest BCUT2D eigenvalue weighted by atomic mass is 10.0. The second-order valence-corrected chi connectivity index (χ2v) is 9.93. The normalized spacial score (nSPS) is 13.8. The molecule has 2 heterocycles. The van der Waals surface area contributed by atoms with Crippen molar-refractivity contribution in [1.29, 1.82) is 0 Å². The fraction of sp³-hybridized carbons (Fsp3) is 0.222. The minimum Gasteiger partial charge on any atom is -0.492 e. The Balaban J connectivity index is 1.58. The molecule has 0 spiro atoms. The van der Waals surface area contributed by atoms with Gasteiger partial charge in [0, 0.05) is 16.6 Å². The maximum absolute atomic E-state index is 13.5. The Bertz CT molecular complexity index is 1550. The van der Waals surface area contributed by atoms with E-state index >= 15 is 0 Å². The third kappa shape index (κ3) is 5.59. The molecule has 4 aromatic rings. The van der Waals surface area contributed by atoms with Gasteiger partial charge in [-0.1, -0.05) is 24.3 Å². The van der Waals surface area contributed by atoms with Gasteiger partial charge in [-0.15, -0.1) is 24.5 Å². The minimum atomic E-state index is -4.82. The van der Waals surface area contributed by atoms with Crippen LogP contribution in [-0.2, 0) is 0 Å². The Morgan fingerprint density at radius 3 is 2.51 bits per heavy atom. The molecule has 2 aromatic carbocycles. The lowest BCUT2D eigenvalue weighted by molar-refractivity contribution is -0.274. The molecule has 1 saturated carbocycles. The number of hydrogen-bond donors (Lipinski definition) is 0. The Kier molecular flexibility index (Phi) is 6.59. The number of aromatic nitrogens is 2. The molecule has 0 bridgehead atoms. The quantitative estimate of drug-likeness (QED) is 0.249. The van der Waals surface area contributed by atoms with Crippen LogP contribution in [0.1, 0.15) is 39.3 Å². The predicted octanol–water partition coefficient (Wildman–Crippen LogP) is 6.40. The number of fused-ring (bicyclic) bond motifs is 1. The number of halogens is 3. The highest BCUT2D eigenvalue weighted by Crippen LogP contribution is 2.33. The third-order valence-electron chi connectivity index (χ3n) is 5.83. The summed E-state index contributed by atoms with van der Waals surface area (Å²) in [6.07, 6.45) is 3.15. The van der Waals surface area contributed by atoms with E-state index in [-0.39, 0.29) is 11.1 Å². The van der Waals surface area contributed by atoms with Gasteiger partial charge in [0.25, 0.3) is 5.56 Å².